The maximum absolute atomic E-state index is 12.8. The first-order valence-corrected chi connectivity index (χ1v) is 26.2. The van der Waals surface area contributed by atoms with Crippen LogP contribution >= 0.6 is 0 Å². The van der Waals surface area contributed by atoms with Gasteiger partial charge in [0, 0.05) is 19.3 Å². The van der Waals surface area contributed by atoms with Crippen molar-refractivity contribution in [2.75, 3.05) is 13.2 Å². The van der Waals surface area contributed by atoms with Crippen molar-refractivity contribution in [2.45, 2.75) is 297 Å². The Morgan fingerprint density at radius 1 is 0.322 bits per heavy atom. The maximum atomic E-state index is 12.8. The smallest absolute Gasteiger partial charge is 0.306 e. The van der Waals surface area contributed by atoms with Gasteiger partial charge in [0.25, 0.3) is 0 Å². The number of ether oxygens (including phenoxy) is 3. The average molecular weight is 833 g/mol. The summed E-state index contributed by atoms with van der Waals surface area (Å²) in [6, 6.07) is 0. The summed E-state index contributed by atoms with van der Waals surface area (Å²) >= 11 is 0. The molecule has 348 valence electrons. The lowest BCUT2D eigenvalue weighted by Gasteiger charge is -2.18. The van der Waals surface area contributed by atoms with Gasteiger partial charge >= 0.3 is 17.9 Å². The Morgan fingerprint density at radius 3 is 0.847 bits per heavy atom. The van der Waals surface area contributed by atoms with E-state index >= 15 is 0 Å². The van der Waals surface area contributed by atoms with E-state index < -0.39 is 6.10 Å². The zero-order valence-corrected chi connectivity index (χ0v) is 39.8. The van der Waals surface area contributed by atoms with E-state index in [9.17, 15) is 14.4 Å². The molecule has 0 saturated heterocycles. The van der Waals surface area contributed by atoms with Crippen LogP contribution in [-0.2, 0) is 28.6 Å². The van der Waals surface area contributed by atoms with Gasteiger partial charge in [0.05, 0.1) is 0 Å². The summed E-state index contributed by atoms with van der Waals surface area (Å²) in [4.78, 5) is 37.9. The third-order valence-electron chi connectivity index (χ3n) is 11.8. The molecule has 1 unspecified atom stereocenters. The first kappa shape index (κ1) is 57.1. The maximum Gasteiger partial charge on any atom is 0.306 e. The van der Waals surface area contributed by atoms with Crippen molar-refractivity contribution >= 4 is 17.9 Å². The molecule has 0 rings (SSSR count). The van der Waals surface area contributed by atoms with E-state index in [0.717, 1.165) is 64.2 Å². The van der Waals surface area contributed by atoms with E-state index in [1.54, 1.807) is 0 Å². The highest BCUT2D eigenvalue weighted by atomic mass is 16.6. The Labute approximate surface area is 367 Å². The minimum Gasteiger partial charge on any atom is -0.462 e. The van der Waals surface area contributed by atoms with E-state index in [0.29, 0.717) is 19.3 Å². The van der Waals surface area contributed by atoms with Crippen LogP contribution < -0.4 is 0 Å². The Hall–Kier alpha value is -1.85. The molecule has 0 aliphatic rings. The number of carbonyl (C=O) groups excluding carboxylic acids is 3. The average Bonchev–Trinajstić information content (AvgIpc) is 3.23. The molecule has 0 N–H and O–H groups in total. The van der Waals surface area contributed by atoms with Crippen molar-refractivity contribution < 1.29 is 28.6 Å². The zero-order valence-electron chi connectivity index (χ0n) is 39.8. The summed E-state index contributed by atoms with van der Waals surface area (Å²) in [5.74, 6) is -0.859. The van der Waals surface area contributed by atoms with Crippen molar-refractivity contribution in [3.63, 3.8) is 0 Å². The van der Waals surface area contributed by atoms with Gasteiger partial charge in [0.1, 0.15) is 13.2 Å². The van der Waals surface area contributed by atoms with Crippen LogP contribution in [0.5, 0.6) is 0 Å². The van der Waals surface area contributed by atoms with Gasteiger partial charge in [-0.15, -0.1) is 0 Å². The molecular weight excluding hydrogens is 733 g/mol. The molecule has 0 aromatic heterocycles. The molecule has 0 radical (unpaired) electrons. The molecule has 1 atom stereocenters. The molecule has 0 heterocycles. The molecule has 6 nitrogen and oxygen atoms in total. The van der Waals surface area contributed by atoms with E-state index in [1.807, 2.05) is 0 Å². The number of allylic oxidation sites excluding steroid dienone is 2. The lowest BCUT2D eigenvalue weighted by atomic mass is 10.0. The summed E-state index contributed by atoms with van der Waals surface area (Å²) in [6.07, 6.45) is 53.3. The molecule has 0 aromatic rings. The summed E-state index contributed by atoms with van der Waals surface area (Å²) < 4.78 is 16.8. The Bertz CT molecular complexity index is 916. The molecule has 0 amide bonds. The quantitative estimate of drug-likeness (QED) is 0.0263. The lowest BCUT2D eigenvalue weighted by Crippen LogP contribution is -2.30. The van der Waals surface area contributed by atoms with Crippen LogP contribution in [0, 0.1) is 0 Å². The van der Waals surface area contributed by atoms with Gasteiger partial charge in [-0.2, -0.15) is 0 Å². The second kappa shape index (κ2) is 48.8. The summed E-state index contributed by atoms with van der Waals surface area (Å²) in [7, 11) is 0. The fourth-order valence-electron chi connectivity index (χ4n) is 7.79. The second-order valence-electron chi connectivity index (χ2n) is 17.8. The summed E-state index contributed by atoms with van der Waals surface area (Å²) in [6.45, 7) is 6.66. The highest BCUT2D eigenvalue weighted by Gasteiger charge is 2.19. The fourth-order valence-corrected chi connectivity index (χ4v) is 7.79. The molecule has 0 saturated carbocycles. The standard InChI is InChI=1S/C53H100O6/c1-4-7-10-13-16-19-22-25-26-29-31-34-37-40-43-46-52(55)58-49-50(59-53(56)47-44-41-38-35-32-28-24-21-18-15-12-9-6-3)48-57-51(54)45-42-39-36-33-30-27-23-20-17-14-11-8-5-2/h25-26,50H,4-24,27-49H2,1-3H3/b26-25-. The molecule has 0 aliphatic carbocycles. The van der Waals surface area contributed by atoms with Crippen LogP contribution in [0.2, 0.25) is 0 Å². The van der Waals surface area contributed by atoms with Crippen molar-refractivity contribution in [1.82, 2.24) is 0 Å². The highest BCUT2D eigenvalue weighted by Crippen LogP contribution is 2.16. The zero-order chi connectivity index (χ0) is 43.0. The van der Waals surface area contributed by atoms with Crippen molar-refractivity contribution in [3.8, 4) is 0 Å². The SMILES string of the molecule is CCCCCCCC/C=C\CCCCCCCC(=O)OCC(COC(=O)CCCCCCCCCCCCCCC)OC(=O)CCCCCCCCCCCCCCC. The fraction of sp³-hybridized carbons (Fsp3) is 0.906. The molecular formula is C53H100O6. The summed E-state index contributed by atoms with van der Waals surface area (Å²) in [5.41, 5.74) is 0. The van der Waals surface area contributed by atoms with Crippen molar-refractivity contribution in [2.24, 2.45) is 0 Å². The second-order valence-corrected chi connectivity index (χ2v) is 17.8. The van der Waals surface area contributed by atoms with E-state index in [1.165, 1.54) is 186 Å². The topological polar surface area (TPSA) is 78.9 Å². The van der Waals surface area contributed by atoms with E-state index in [-0.39, 0.29) is 31.1 Å². The predicted molar refractivity (Wildman–Crippen MR) is 252 cm³/mol. The number of hydrogen-bond donors (Lipinski definition) is 0. The molecule has 0 bridgehead atoms. The molecule has 0 spiro atoms. The Morgan fingerprint density at radius 2 is 0.559 bits per heavy atom. The minimum atomic E-state index is -0.766. The lowest BCUT2D eigenvalue weighted by molar-refractivity contribution is -0.167. The van der Waals surface area contributed by atoms with Gasteiger partial charge in [-0.3, -0.25) is 14.4 Å². The van der Waals surface area contributed by atoms with Gasteiger partial charge in [-0.05, 0) is 44.9 Å². The van der Waals surface area contributed by atoms with Gasteiger partial charge in [0.15, 0.2) is 6.10 Å². The van der Waals surface area contributed by atoms with E-state index in [4.69, 9.17) is 14.2 Å². The predicted octanol–water partition coefficient (Wildman–Crippen LogP) is 17.0. The van der Waals surface area contributed by atoms with Gasteiger partial charge in [0.2, 0.25) is 0 Å². The third-order valence-corrected chi connectivity index (χ3v) is 11.8. The van der Waals surface area contributed by atoms with Gasteiger partial charge in [-0.25, -0.2) is 0 Å². The first-order valence-electron chi connectivity index (χ1n) is 26.2. The normalized spacial score (nSPS) is 12.0. The van der Waals surface area contributed by atoms with Crippen LogP contribution in [0.1, 0.15) is 290 Å². The van der Waals surface area contributed by atoms with Gasteiger partial charge in [-0.1, -0.05) is 238 Å². The number of carbonyl (C=O) groups is 3. The number of unbranched alkanes of at least 4 members (excludes halogenated alkanes) is 35. The Kier molecular flexibility index (Phi) is 47.3. The molecule has 6 heteroatoms. The number of hydrogen-bond acceptors (Lipinski definition) is 6. The monoisotopic (exact) mass is 833 g/mol. The highest BCUT2D eigenvalue weighted by molar-refractivity contribution is 5.71. The molecule has 0 aromatic carbocycles. The van der Waals surface area contributed by atoms with E-state index in [2.05, 4.69) is 32.9 Å². The molecule has 59 heavy (non-hydrogen) atoms. The number of esters is 3. The van der Waals surface area contributed by atoms with Crippen LogP contribution in [0.25, 0.3) is 0 Å². The first-order chi connectivity index (χ1) is 29.0. The number of rotatable bonds is 48. The van der Waals surface area contributed by atoms with Crippen LogP contribution in [-0.4, -0.2) is 37.2 Å². The third kappa shape index (κ3) is 47.1. The van der Waals surface area contributed by atoms with Crippen molar-refractivity contribution in [3.05, 3.63) is 12.2 Å². The van der Waals surface area contributed by atoms with Crippen LogP contribution in [0.3, 0.4) is 0 Å². The van der Waals surface area contributed by atoms with Gasteiger partial charge < -0.3 is 14.2 Å². The minimum absolute atomic E-state index is 0.0672. The largest absolute Gasteiger partial charge is 0.462 e. The van der Waals surface area contributed by atoms with Crippen LogP contribution in [0.15, 0.2) is 12.2 Å². The Balaban J connectivity index is 4.33. The molecule has 0 fully saturated rings. The molecule has 0 aliphatic heterocycles. The van der Waals surface area contributed by atoms with Crippen molar-refractivity contribution in [1.29, 1.82) is 0 Å². The summed E-state index contributed by atoms with van der Waals surface area (Å²) in [5, 5.41) is 0. The van der Waals surface area contributed by atoms with Crippen LogP contribution in [0.4, 0.5) is 0 Å².